The van der Waals surface area contributed by atoms with Gasteiger partial charge in [-0.15, -0.1) is 0 Å². The molecule has 0 heterocycles. The van der Waals surface area contributed by atoms with Gasteiger partial charge in [0, 0.05) is 19.4 Å². The van der Waals surface area contributed by atoms with Crippen molar-refractivity contribution in [3.05, 3.63) is 85.1 Å². The number of hydrogen-bond acceptors (Lipinski definition) is 10. The molecule has 0 aliphatic carbocycles. The largest absolute Gasteiger partial charge is 0.472 e. The van der Waals surface area contributed by atoms with Gasteiger partial charge in [0.1, 0.15) is 6.61 Å². The Morgan fingerprint density at radius 2 is 1.31 bits per heavy atom. The van der Waals surface area contributed by atoms with Crippen molar-refractivity contribution in [1.29, 1.82) is 0 Å². The first-order chi connectivity index (χ1) is 26.6. The molecule has 0 rings (SSSR count). The monoisotopic (exact) mass is 793 g/mol. The van der Waals surface area contributed by atoms with E-state index in [1.165, 1.54) is 25.7 Å². The minimum Gasteiger partial charge on any atom is -0.462 e. The number of rotatable bonds is 36. The van der Waals surface area contributed by atoms with E-state index in [2.05, 4.69) is 26.0 Å². The van der Waals surface area contributed by atoms with E-state index in [0.717, 1.165) is 44.9 Å². The maximum atomic E-state index is 12.5. The normalized spacial score (nSPS) is 15.4. The van der Waals surface area contributed by atoms with Gasteiger partial charge in [-0.3, -0.25) is 18.6 Å². The fraction of sp³-hybridized carbons (Fsp3) is 0.628. The Balaban J connectivity index is 4.50. The summed E-state index contributed by atoms with van der Waals surface area (Å²) >= 11 is 0. The van der Waals surface area contributed by atoms with Gasteiger partial charge in [-0.05, 0) is 64.2 Å². The second kappa shape index (κ2) is 38.0. The molecule has 0 aromatic carbocycles. The molecule has 4 atom stereocenters. The van der Waals surface area contributed by atoms with Crippen LogP contribution < -0.4 is 5.73 Å². The number of nitrogens with two attached hydrogens (primary N) is 1. The molecule has 0 aliphatic rings. The van der Waals surface area contributed by atoms with Crippen LogP contribution >= 0.6 is 7.82 Å². The van der Waals surface area contributed by atoms with Crippen LogP contribution in [0.4, 0.5) is 0 Å². The average molecular weight is 794 g/mol. The van der Waals surface area contributed by atoms with Gasteiger partial charge in [0.2, 0.25) is 0 Å². The van der Waals surface area contributed by atoms with Crippen molar-refractivity contribution in [2.75, 3.05) is 26.4 Å². The van der Waals surface area contributed by atoms with Gasteiger partial charge in [-0.2, -0.15) is 0 Å². The molecule has 0 aliphatic heterocycles. The number of hydrogen-bond donors (Lipinski definition) is 4. The summed E-state index contributed by atoms with van der Waals surface area (Å²) in [6.45, 7) is 3.25. The molecule has 0 saturated carbocycles. The molecule has 0 radical (unpaired) electrons. The molecule has 12 heteroatoms. The number of ether oxygens (including phenoxy) is 2. The van der Waals surface area contributed by atoms with Crippen LogP contribution in [0.1, 0.15) is 129 Å². The zero-order chi connectivity index (χ0) is 40.7. The lowest BCUT2D eigenvalue weighted by molar-refractivity contribution is -0.161. The maximum Gasteiger partial charge on any atom is 0.472 e. The molecule has 0 amide bonds. The minimum absolute atomic E-state index is 0.0145. The quantitative estimate of drug-likeness (QED) is 0.0157. The summed E-state index contributed by atoms with van der Waals surface area (Å²) in [6.07, 6.45) is 39.8. The highest BCUT2D eigenvalue weighted by atomic mass is 31.2. The van der Waals surface area contributed by atoms with Gasteiger partial charge in [-0.1, -0.05) is 137 Å². The number of phosphoric ester groups is 1. The highest BCUT2D eigenvalue weighted by Crippen LogP contribution is 2.43. The van der Waals surface area contributed by atoms with Crippen molar-refractivity contribution in [1.82, 2.24) is 0 Å². The summed E-state index contributed by atoms with van der Waals surface area (Å²) in [5.41, 5.74) is 5.32. The smallest absolute Gasteiger partial charge is 0.462 e. The predicted molar refractivity (Wildman–Crippen MR) is 222 cm³/mol. The third kappa shape index (κ3) is 37.8. The van der Waals surface area contributed by atoms with Gasteiger partial charge >= 0.3 is 19.8 Å². The lowest BCUT2D eigenvalue weighted by Gasteiger charge is -2.19. The fourth-order valence-electron chi connectivity index (χ4n) is 4.90. The predicted octanol–water partition coefficient (Wildman–Crippen LogP) is 9.21. The molecule has 314 valence electrons. The maximum absolute atomic E-state index is 12.5. The zero-order valence-corrected chi connectivity index (χ0v) is 34.5. The van der Waals surface area contributed by atoms with Crippen LogP contribution in [-0.4, -0.2) is 71.7 Å². The van der Waals surface area contributed by atoms with Crippen LogP contribution in [0.25, 0.3) is 0 Å². The van der Waals surface area contributed by atoms with Gasteiger partial charge in [0.25, 0.3) is 0 Å². The van der Waals surface area contributed by atoms with Gasteiger partial charge < -0.3 is 30.3 Å². The lowest BCUT2D eigenvalue weighted by atomic mass is 10.1. The van der Waals surface area contributed by atoms with Crippen LogP contribution in [0.3, 0.4) is 0 Å². The van der Waals surface area contributed by atoms with Crippen molar-refractivity contribution >= 4 is 19.8 Å². The molecule has 1 unspecified atom stereocenters. The van der Waals surface area contributed by atoms with E-state index in [0.29, 0.717) is 32.1 Å². The SMILES string of the molecule is CC/C=C\C[C@H](O)/C=C/C=C\C/C=C\C=C\[C@H](O)/C=C\CCCC(=O)O[C@H](COC(=O)CCCCCCC/C=C\CCCCCC)COP(=O)(O)OCCN. The third-order valence-electron chi connectivity index (χ3n) is 7.94. The average Bonchev–Trinajstić information content (AvgIpc) is 3.16. The number of allylic oxidation sites excluding steroid dienone is 10. The molecular weight excluding hydrogens is 721 g/mol. The van der Waals surface area contributed by atoms with E-state index in [9.17, 15) is 29.3 Å². The summed E-state index contributed by atoms with van der Waals surface area (Å²) in [5, 5.41) is 20.0. The number of esters is 2. The van der Waals surface area contributed by atoms with Gasteiger partial charge in [0.05, 0.1) is 25.4 Å². The molecule has 0 aromatic rings. The molecule has 0 spiro atoms. The van der Waals surface area contributed by atoms with Crippen molar-refractivity contribution in [2.45, 2.75) is 148 Å². The van der Waals surface area contributed by atoms with Gasteiger partial charge in [-0.25, -0.2) is 4.57 Å². The number of aliphatic hydroxyl groups is 2. The molecule has 55 heavy (non-hydrogen) atoms. The zero-order valence-electron chi connectivity index (χ0n) is 33.6. The van der Waals surface area contributed by atoms with E-state index in [1.54, 1.807) is 30.4 Å². The van der Waals surface area contributed by atoms with Crippen LogP contribution in [0.5, 0.6) is 0 Å². The first kappa shape index (κ1) is 52.1. The summed E-state index contributed by atoms with van der Waals surface area (Å²) in [4.78, 5) is 34.8. The van der Waals surface area contributed by atoms with Crippen LogP contribution in [0.2, 0.25) is 0 Å². The van der Waals surface area contributed by atoms with E-state index in [4.69, 9.17) is 24.3 Å². The van der Waals surface area contributed by atoms with Crippen molar-refractivity contribution in [3.63, 3.8) is 0 Å². The van der Waals surface area contributed by atoms with E-state index < -0.39 is 44.7 Å². The van der Waals surface area contributed by atoms with E-state index >= 15 is 0 Å². The van der Waals surface area contributed by atoms with Crippen LogP contribution in [0.15, 0.2) is 85.1 Å². The number of phosphoric acid groups is 1. The van der Waals surface area contributed by atoms with Gasteiger partial charge in [0.15, 0.2) is 6.10 Å². The Morgan fingerprint density at radius 3 is 2.00 bits per heavy atom. The first-order valence-corrected chi connectivity index (χ1v) is 21.8. The number of aliphatic hydroxyl groups excluding tert-OH is 2. The molecular formula is C43H72NO10P. The first-order valence-electron chi connectivity index (χ1n) is 20.3. The molecule has 0 fully saturated rings. The summed E-state index contributed by atoms with van der Waals surface area (Å²) < 4.78 is 32.5. The van der Waals surface area contributed by atoms with Crippen molar-refractivity contribution in [3.8, 4) is 0 Å². The lowest BCUT2D eigenvalue weighted by Crippen LogP contribution is -2.29. The Morgan fingerprint density at radius 1 is 0.673 bits per heavy atom. The Bertz CT molecular complexity index is 1210. The molecule has 11 nitrogen and oxygen atoms in total. The van der Waals surface area contributed by atoms with Crippen molar-refractivity contribution < 1.29 is 47.8 Å². The number of carbonyl (C=O) groups is 2. The highest BCUT2D eigenvalue weighted by Gasteiger charge is 2.25. The van der Waals surface area contributed by atoms with E-state index in [1.807, 2.05) is 42.5 Å². The topological polar surface area (TPSA) is 175 Å². The van der Waals surface area contributed by atoms with E-state index in [-0.39, 0.29) is 32.6 Å². The second-order valence-corrected chi connectivity index (χ2v) is 14.6. The molecule has 0 saturated heterocycles. The minimum atomic E-state index is -4.44. The van der Waals surface area contributed by atoms with Crippen molar-refractivity contribution in [2.24, 2.45) is 5.73 Å². The molecule has 0 bridgehead atoms. The number of carbonyl (C=O) groups excluding carboxylic acids is 2. The standard InChI is InChI=1S/C43H72NO10P/c1-3-5-7-8-9-10-11-12-13-14-18-21-27-33-42(47)51-37-41(38-53-55(49,50)52-36-35-44)54-43(48)34-28-22-26-32-40(46)31-25-20-17-15-16-19-24-30-39(45)29-23-6-4-2/h6,10-11,16-17,19-20,23-26,30-32,39-41,45-46H,3-5,7-9,12-15,18,21-22,27-29,33-38,44H2,1-2H3,(H,49,50)/b11-10-,19-16-,20-17-,23-6-,30-24+,31-25+,32-26-/t39-,40-,41+/m0/s1. The Hall–Kier alpha value is -2.89. The second-order valence-electron chi connectivity index (χ2n) is 13.2. The Kier molecular flexibility index (Phi) is 36.0. The summed E-state index contributed by atoms with van der Waals surface area (Å²) in [7, 11) is -4.44. The molecule has 5 N–H and O–H groups in total. The summed E-state index contributed by atoms with van der Waals surface area (Å²) in [6, 6.07) is 0. The fourth-order valence-corrected chi connectivity index (χ4v) is 5.66. The molecule has 0 aromatic heterocycles. The van der Waals surface area contributed by atoms with Crippen LogP contribution in [-0.2, 0) is 32.7 Å². The van der Waals surface area contributed by atoms with Crippen LogP contribution in [0, 0.1) is 0 Å². The number of unbranched alkanes of at least 4 members (excludes halogenated alkanes) is 10. The summed E-state index contributed by atoms with van der Waals surface area (Å²) in [5.74, 6) is -1.03. The third-order valence-corrected chi connectivity index (χ3v) is 8.92. The Labute approximate surface area is 331 Å². The highest BCUT2D eigenvalue weighted by molar-refractivity contribution is 7.47.